The van der Waals surface area contributed by atoms with E-state index in [0.717, 1.165) is 30.9 Å². The van der Waals surface area contributed by atoms with E-state index in [0.29, 0.717) is 22.2 Å². The van der Waals surface area contributed by atoms with Gasteiger partial charge in [0, 0.05) is 5.92 Å². The average Bonchev–Trinajstić information content (AvgIpc) is 3.10. The first-order valence-electron chi connectivity index (χ1n) is 7.80. The van der Waals surface area contributed by atoms with E-state index in [2.05, 4.69) is 15.5 Å². The van der Waals surface area contributed by atoms with Crippen molar-refractivity contribution in [3.63, 3.8) is 0 Å². The summed E-state index contributed by atoms with van der Waals surface area (Å²) in [4.78, 5) is 10.5. The van der Waals surface area contributed by atoms with E-state index in [4.69, 9.17) is 9.84 Å². The number of benzene rings is 1. The third-order valence-electron chi connectivity index (χ3n) is 3.94. The van der Waals surface area contributed by atoms with Crippen molar-refractivity contribution >= 4 is 29.7 Å². The lowest BCUT2D eigenvalue weighted by molar-refractivity contribution is -0.139. The molecule has 2 heterocycles. The molecule has 0 aliphatic carbocycles. The Kier molecular flexibility index (Phi) is 7.12. The number of carboxylic acids is 1. The molecular formula is C16H20ClN3O4S. The Morgan fingerprint density at radius 1 is 1.28 bits per heavy atom. The van der Waals surface area contributed by atoms with Gasteiger partial charge in [0.15, 0.2) is 11.6 Å². The molecule has 1 unspecified atom stereocenters. The molecule has 0 radical (unpaired) electrons. The second-order valence-electron chi connectivity index (χ2n) is 5.66. The molecule has 0 spiro atoms. The Morgan fingerprint density at radius 3 is 2.60 bits per heavy atom. The minimum Gasteiger partial charge on any atom is -0.482 e. The Labute approximate surface area is 155 Å². The number of nitrogens with zero attached hydrogens (tertiary/aromatic N) is 2. The van der Waals surface area contributed by atoms with Crippen molar-refractivity contribution in [2.45, 2.75) is 24.9 Å². The highest BCUT2D eigenvalue weighted by atomic mass is 35.5. The molecule has 3 N–H and O–H groups in total. The van der Waals surface area contributed by atoms with Crippen LogP contribution in [0.5, 0.6) is 5.75 Å². The fraction of sp³-hybridized carbons (Fsp3) is 0.438. The molecule has 136 valence electrons. The van der Waals surface area contributed by atoms with Crippen LogP contribution in [0.4, 0.5) is 0 Å². The number of carboxylic acid groups (broad SMARTS) is 1. The van der Waals surface area contributed by atoms with Gasteiger partial charge in [-0.25, -0.2) is 4.79 Å². The molecule has 7 nitrogen and oxygen atoms in total. The maximum atomic E-state index is 10.5. The maximum Gasteiger partial charge on any atom is 0.341 e. The van der Waals surface area contributed by atoms with Gasteiger partial charge in [-0.3, -0.25) is 0 Å². The van der Waals surface area contributed by atoms with Crippen LogP contribution in [0.3, 0.4) is 0 Å². The molecule has 2 aromatic rings. The van der Waals surface area contributed by atoms with Gasteiger partial charge in [0.1, 0.15) is 16.9 Å². The van der Waals surface area contributed by atoms with Crippen LogP contribution in [0, 0.1) is 0 Å². The number of halogens is 1. The third-order valence-corrected chi connectivity index (χ3v) is 5.07. The van der Waals surface area contributed by atoms with Gasteiger partial charge in [-0.05, 0) is 43.6 Å². The first-order chi connectivity index (χ1) is 11.6. The topological polar surface area (TPSA) is 105 Å². The van der Waals surface area contributed by atoms with Crippen molar-refractivity contribution in [1.82, 2.24) is 15.5 Å². The second kappa shape index (κ2) is 9.10. The van der Waals surface area contributed by atoms with Gasteiger partial charge in [0.2, 0.25) is 0 Å². The highest BCUT2D eigenvalue weighted by Crippen LogP contribution is 2.32. The summed E-state index contributed by atoms with van der Waals surface area (Å²) >= 11 is 1.45. The fourth-order valence-corrected chi connectivity index (χ4v) is 3.65. The van der Waals surface area contributed by atoms with Crippen molar-refractivity contribution in [2.75, 3.05) is 19.7 Å². The number of aliphatic hydroxyl groups excluding tert-OH is 1. The molecule has 1 aliphatic rings. The van der Waals surface area contributed by atoms with E-state index in [1.54, 1.807) is 24.3 Å². The number of hydrogen-bond donors (Lipinski definition) is 3. The summed E-state index contributed by atoms with van der Waals surface area (Å²) in [6.07, 6.45) is 1.24. The summed E-state index contributed by atoms with van der Waals surface area (Å²) in [6, 6.07) is 6.67. The van der Waals surface area contributed by atoms with Gasteiger partial charge in [0.05, 0.1) is 0 Å². The third kappa shape index (κ3) is 5.12. The lowest BCUT2D eigenvalue weighted by Gasteiger charge is -2.19. The molecule has 1 aromatic carbocycles. The number of rotatable bonds is 6. The van der Waals surface area contributed by atoms with Crippen LogP contribution in [0.15, 0.2) is 24.3 Å². The number of aliphatic carboxylic acids is 1. The van der Waals surface area contributed by atoms with Crippen molar-refractivity contribution in [1.29, 1.82) is 0 Å². The molecule has 1 aliphatic heterocycles. The van der Waals surface area contributed by atoms with Gasteiger partial charge in [-0.15, -0.1) is 22.6 Å². The fourth-order valence-electron chi connectivity index (χ4n) is 2.62. The van der Waals surface area contributed by atoms with Gasteiger partial charge < -0.3 is 20.3 Å². The minimum atomic E-state index is -1.03. The van der Waals surface area contributed by atoms with E-state index >= 15 is 0 Å². The van der Waals surface area contributed by atoms with Crippen molar-refractivity contribution in [3.05, 3.63) is 39.8 Å². The quantitative estimate of drug-likeness (QED) is 0.698. The molecule has 0 amide bonds. The van der Waals surface area contributed by atoms with Crippen LogP contribution in [0.2, 0.25) is 0 Å². The predicted molar refractivity (Wildman–Crippen MR) is 95.6 cm³/mol. The van der Waals surface area contributed by atoms with Crippen molar-refractivity contribution < 1.29 is 19.7 Å². The average molecular weight is 386 g/mol. The number of aliphatic hydroxyl groups is 1. The highest BCUT2D eigenvalue weighted by molar-refractivity contribution is 7.11. The van der Waals surface area contributed by atoms with Gasteiger partial charge in [0.25, 0.3) is 0 Å². The normalized spacial score (nSPS) is 16.0. The van der Waals surface area contributed by atoms with Crippen LogP contribution < -0.4 is 10.1 Å². The maximum absolute atomic E-state index is 10.5. The van der Waals surface area contributed by atoms with Gasteiger partial charge >= 0.3 is 5.97 Å². The first-order valence-corrected chi connectivity index (χ1v) is 8.62. The predicted octanol–water partition coefficient (Wildman–Crippen LogP) is 1.97. The zero-order chi connectivity index (χ0) is 16.9. The summed E-state index contributed by atoms with van der Waals surface area (Å²) in [5, 5.41) is 32.3. The number of carbonyl (C=O) groups is 1. The standard InChI is InChI=1S/C16H19N3O4S.ClH/c20-13(21)9-23-12-3-1-10(2-4-12)14(22)16-19-18-15(24-16)11-5-7-17-8-6-11;/h1-4,11,14,17,22H,5-9H2,(H,20,21);1H. The van der Waals surface area contributed by atoms with E-state index in [1.807, 2.05) is 0 Å². The van der Waals surface area contributed by atoms with E-state index in [9.17, 15) is 9.90 Å². The van der Waals surface area contributed by atoms with Crippen LogP contribution in [-0.2, 0) is 4.79 Å². The Bertz CT molecular complexity index is 689. The minimum absolute atomic E-state index is 0. The molecule has 1 aromatic heterocycles. The highest BCUT2D eigenvalue weighted by Gasteiger charge is 2.22. The number of nitrogens with one attached hydrogen (secondary N) is 1. The summed E-state index contributed by atoms with van der Waals surface area (Å²) in [5.74, 6) is -0.170. The molecule has 0 bridgehead atoms. The molecular weight excluding hydrogens is 366 g/mol. The largest absolute Gasteiger partial charge is 0.482 e. The lowest BCUT2D eigenvalue weighted by atomic mass is 9.99. The number of aromatic nitrogens is 2. The lowest BCUT2D eigenvalue weighted by Crippen LogP contribution is -2.26. The molecule has 1 atom stereocenters. The number of ether oxygens (including phenoxy) is 1. The smallest absolute Gasteiger partial charge is 0.341 e. The number of piperidine rings is 1. The molecule has 1 saturated heterocycles. The summed E-state index contributed by atoms with van der Waals surface area (Å²) in [5.41, 5.74) is 0.672. The Hall–Kier alpha value is -1.74. The van der Waals surface area contributed by atoms with Crippen molar-refractivity contribution in [2.24, 2.45) is 0 Å². The van der Waals surface area contributed by atoms with Crippen LogP contribution in [0.25, 0.3) is 0 Å². The monoisotopic (exact) mass is 385 g/mol. The zero-order valence-electron chi connectivity index (χ0n) is 13.4. The van der Waals surface area contributed by atoms with Gasteiger partial charge in [-0.2, -0.15) is 0 Å². The van der Waals surface area contributed by atoms with E-state index in [-0.39, 0.29) is 12.4 Å². The number of hydrogen-bond acceptors (Lipinski definition) is 7. The first kappa shape index (κ1) is 19.6. The zero-order valence-corrected chi connectivity index (χ0v) is 15.1. The van der Waals surface area contributed by atoms with E-state index < -0.39 is 18.7 Å². The summed E-state index contributed by atoms with van der Waals surface area (Å²) < 4.78 is 5.08. The van der Waals surface area contributed by atoms with Gasteiger partial charge in [-0.1, -0.05) is 23.5 Å². The summed E-state index contributed by atoms with van der Waals surface area (Å²) in [6.45, 7) is 1.58. The molecule has 0 saturated carbocycles. The Balaban J connectivity index is 0.00000225. The molecule has 3 rings (SSSR count). The van der Waals surface area contributed by atoms with Crippen LogP contribution in [0.1, 0.15) is 40.4 Å². The SMILES string of the molecule is Cl.O=C(O)COc1ccc(C(O)c2nnc(C3CCNCC3)s2)cc1. The molecule has 9 heteroatoms. The summed E-state index contributed by atoms with van der Waals surface area (Å²) in [7, 11) is 0. The van der Waals surface area contributed by atoms with Crippen molar-refractivity contribution in [3.8, 4) is 5.75 Å². The van der Waals surface area contributed by atoms with E-state index in [1.165, 1.54) is 11.3 Å². The van der Waals surface area contributed by atoms with Crippen LogP contribution >= 0.6 is 23.7 Å². The second-order valence-corrected chi connectivity index (χ2v) is 6.70. The molecule has 1 fully saturated rings. The Morgan fingerprint density at radius 2 is 1.96 bits per heavy atom. The molecule has 25 heavy (non-hydrogen) atoms. The van der Waals surface area contributed by atoms with Crippen LogP contribution in [-0.4, -0.2) is 46.1 Å².